The molecule has 1 aromatic heterocycles. The number of carbonyl (C=O) groups excluding carboxylic acids is 1. The van der Waals surface area contributed by atoms with E-state index in [1.807, 2.05) is 67.8 Å². The predicted molar refractivity (Wildman–Crippen MR) is 108 cm³/mol. The molecule has 0 atom stereocenters. The van der Waals surface area contributed by atoms with Gasteiger partial charge >= 0.3 is 0 Å². The molecule has 0 aliphatic heterocycles. The summed E-state index contributed by atoms with van der Waals surface area (Å²) >= 11 is 0. The molecule has 0 saturated heterocycles. The van der Waals surface area contributed by atoms with E-state index in [1.165, 1.54) is 5.56 Å². The molecule has 0 bridgehead atoms. The SMILES string of the molecule is Cc1ccc(C(=O)NCc2cccc(Cn3cnc4ccccc43)c2)cc1. The van der Waals surface area contributed by atoms with Crippen molar-refractivity contribution in [2.24, 2.45) is 0 Å². The number of rotatable bonds is 5. The van der Waals surface area contributed by atoms with Crippen LogP contribution in [0.4, 0.5) is 0 Å². The third-order valence-corrected chi connectivity index (χ3v) is 4.64. The van der Waals surface area contributed by atoms with Crippen molar-refractivity contribution < 1.29 is 4.79 Å². The summed E-state index contributed by atoms with van der Waals surface area (Å²) < 4.78 is 2.14. The number of aromatic nitrogens is 2. The van der Waals surface area contributed by atoms with Gasteiger partial charge in [-0.2, -0.15) is 0 Å². The quantitative estimate of drug-likeness (QED) is 0.579. The molecule has 0 aliphatic carbocycles. The lowest BCUT2D eigenvalue weighted by Gasteiger charge is -2.09. The van der Waals surface area contributed by atoms with Gasteiger partial charge in [-0.15, -0.1) is 0 Å². The number of fused-ring (bicyclic) bond motifs is 1. The van der Waals surface area contributed by atoms with Crippen LogP contribution in [0.1, 0.15) is 27.0 Å². The predicted octanol–water partition coefficient (Wildman–Crippen LogP) is 4.32. The summed E-state index contributed by atoms with van der Waals surface area (Å²) in [4.78, 5) is 16.7. The topological polar surface area (TPSA) is 46.9 Å². The first-order valence-electron chi connectivity index (χ1n) is 9.01. The van der Waals surface area contributed by atoms with E-state index in [9.17, 15) is 4.79 Å². The Morgan fingerprint density at radius 1 is 0.963 bits per heavy atom. The molecule has 0 unspecified atom stereocenters. The van der Waals surface area contributed by atoms with Gasteiger partial charge in [0.2, 0.25) is 0 Å². The molecule has 3 aromatic carbocycles. The van der Waals surface area contributed by atoms with E-state index in [2.05, 4.69) is 33.1 Å². The first-order valence-corrected chi connectivity index (χ1v) is 9.01. The molecule has 1 amide bonds. The van der Waals surface area contributed by atoms with E-state index in [0.717, 1.165) is 28.7 Å². The fourth-order valence-corrected chi connectivity index (χ4v) is 3.16. The smallest absolute Gasteiger partial charge is 0.251 e. The standard InChI is InChI=1S/C23H21N3O/c1-17-9-11-20(12-10-17)23(27)24-14-18-5-4-6-19(13-18)15-26-16-25-21-7-2-3-8-22(21)26/h2-13,16H,14-15H2,1H3,(H,24,27). The molecular formula is C23H21N3O. The van der Waals surface area contributed by atoms with E-state index in [-0.39, 0.29) is 5.91 Å². The molecule has 0 spiro atoms. The third-order valence-electron chi connectivity index (χ3n) is 4.64. The molecule has 4 nitrogen and oxygen atoms in total. The molecule has 0 radical (unpaired) electrons. The van der Waals surface area contributed by atoms with Crippen LogP contribution in [0, 0.1) is 6.92 Å². The monoisotopic (exact) mass is 355 g/mol. The first kappa shape index (κ1) is 17.0. The first-order chi connectivity index (χ1) is 13.2. The van der Waals surface area contributed by atoms with E-state index in [4.69, 9.17) is 0 Å². The number of carbonyl (C=O) groups is 1. The van der Waals surface area contributed by atoms with Crippen LogP contribution in [0.15, 0.2) is 79.1 Å². The minimum absolute atomic E-state index is 0.0546. The van der Waals surface area contributed by atoms with Crippen molar-refractivity contribution in [3.8, 4) is 0 Å². The van der Waals surface area contributed by atoms with Gasteiger partial charge in [-0.05, 0) is 42.3 Å². The highest BCUT2D eigenvalue weighted by atomic mass is 16.1. The average molecular weight is 355 g/mol. The number of aryl methyl sites for hydroxylation is 1. The number of benzene rings is 3. The third kappa shape index (κ3) is 3.90. The lowest BCUT2D eigenvalue weighted by Crippen LogP contribution is -2.22. The molecule has 0 saturated carbocycles. The van der Waals surface area contributed by atoms with Gasteiger partial charge in [0.05, 0.1) is 17.4 Å². The maximum atomic E-state index is 12.3. The van der Waals surface area contributed by atoms with Gasteiger partial charge in [-0.1, -0.05) is 54.1 Å². The van der Waals surface area contributed by atoms with Crippen LogP contribution in [0.25, 0.3) is 11.0 Å². The second-order valence-electron chi connectivity index (χ2n) is 6.73. The number of para-hydroxylation sites is 2. The van der Waals surface area contributed by atoms with Gasteiger partial charge in [0.1, 0.15) is 0 Å². The van der Waals surface area contributed by atoms with E-state index in [0.29, 0.717) is 12.1 Å². The van der Waals surface area contributed by atoms with Crippen LogP contribution in [-0.2, 0) is 13.1 Å². The summed E-state index contributed by atoms with van der Waals surface area (Å²) in [6, 6.07) is 24.0. The molecule has 4 heteroatoms. The number of amides is 1. The Kier molecular flexibility index (Phi) is 4.71. The average Bonchev–Trinajstić information content (AvgIpc) is 3.10. The van der Waals surface area contributed by atoms with Gasteiger partial charge in [-0.3, -0.25) is 4.79 Å². The Morgan fingerprint density at radius 3 is 2.59 bits per heavy atom. The van der Waals surface area contributed by atoms with Crippen LogP contribution in [0.5, 0.6) is 0 Å². The minimum Gasteiger partial charge on any atom is -0.348 e. The number of nitrogens with zero attached hydrogens (tertiary/aromatic N) is 2. The number of nitrogens with one attached hydrogen (secondary N) is 1. The Hall–Kier alpha value is -3.40. The molecule has 4 rings (SSSR count). The normalized spacial score (nSPS) is 10.9. The summed E-state index contributed by atoms with van der Waals surface area (Å²) in [7, 11) is 0. The number of hydrogen-bond acceptors (Lipinski definition) is 2. The van der Waals surface area contributed by atoms with Crippen LogP contribution in [0.2, 0.25) is 0 Å². The fraction of sp³-hybridized carbons (Fsp3) is 0.130. The van der Waals surface area contributed by atoms with Gasteiger partial charge in [0.15, 0.2) is 0 Å². The maximum absolute atomic E-state index is 12.3. The largest absolute Gasteiger partial charge is 0.348 e. The van der Waals surface area contributed by atoms with Crippen molar-refractivity contribution in [3.63, 3.8) is 0 Å². The van der Waals surface area contributed by atoms with Crippen molar-refractivity contribution in [1.82, 2.24) is 14.9 Å². The molecule has 0 aliphatic rings. The lowest BCUT2D eigenvalue weighted by atomic mass is 10.1. The summed E-state index contributed by atoms with van der Waals surface area (Å²) in [5.74, 6) is -0.0546. The summed E-state index contributed by atoms with van der Waals surface area (Å²) in [5.41, 5.74) is 6.21. The Labute approximate surface area is 158 Å². The zero-order valence-corrected chi connectivity index (χ0v) is 15.2. The number of hydrogen-bond donors (Lipinski definition) is 1. The van der Waals surface area contributed by atoms with E-state index < -0.39 is 0 Å². The maximum Gasteiger partial charge on any atom is 0.251 e. The van der Waals surface area contributed by atoms with Gasteiger partial charge < -0.3 is 9.88 Å². The second-order valence-corrected chi connectivity index (χ2v) is 6.73. The van der Waals surface area contributed by atoms with Gasteiger partial charge in [0.25, 0.3) is 5.91 Å². The highest BCUT2D eigenvalue weighted by Crippen LogP contribution is 2.15. The van der Waals surface area contributed by atoms with E-state index in [1.54, 1.807) is 0 Å². The second kappa shape index (κ2) is 7.46. The summed E-state index contributed by atoms with van der Waals surface area (Å²) in [6.45, 7) is 3.27. The Morgan fingerprint density at radius 2 is 1.74 bits per heavy atom. The highest BCUT2D eigenvalue weighted by Gasteiger charge is 2.06. The summed E-state index contributed by atoms with van der Waals surface area (Å²) in [5, 5.41) is 2.99. The van der Waals surface area contributed by atoms with Crippen molar-refractivity contribution in [1.29, 1.82) is 0 Å². The van der Waals surface area contributed by atoms with Crippen molar-refractivity contribution in [2.45, 2.75) is 20.0 Å². The molecule has 4 aromatic rings. The van der Waals surface area contributed by atoms with Gasteiger partial charge in [-0.25, -0.2) is 4.98 Å². The molecule has 0 fully saturated rings. The molecular weight excluding hydrogens is 334 g/mol. The van der Waals surface area contributed by atoms with Crippen LogP contribution >= 0.6 is 0 Å². The summed E-state index contributed by atoms with van der Waals surface area (Å²) in [6.07, 6.45) is 1.87. The zero-order valence-electron chi connectivity index (χ0n) is 15.2. The molecule has 27 heavy (non-hydrogen) atoms. The minimum atomic E-state index is -0.0546. The zero-order chi connectivity index (χ0) is 18.6. The number of imidazole rings is 1. The molecule has 1 N–H and O–H groups in total. The highest BCUT2D eigenvalue weighted by molar-refractivity contribution is 5.94. The van der Waals surface area contributed by atoms with Crippen molar-refractivity contribution in [3.05, 3.63) is 101 Å². The van der Waals surface area contributed by atoms with Crippen molar-refractivity contribution >= 4 is 16.9 Å². The fourth-order valence-electron chi connectivity index (χ4n) is 3.16. The molecule has 1 heterocycles. The van der Waals surface area contributed by atoms with Gasteiger partial charge in [0, 0.05) is 18.7 Å². The van der Waals surface area contributed by atoms with Crippen LogP contribution < -0.4 is 5.32 Å². The van der Waals surface area contributed by atoms with Crippen LogP contribution in [0.3, 0.4) is 0 Å². The van der Waals surface area contributed by atoms with E-state index >= 15 is 0 Å². The Balaban J connectivity index is 1.44. The lowest BCUT2D eigenvalue weighted by molar-refractivity contribution is 0.0951. The molecule has 134 valence electrons. The van der Waals surface area contributed by atoms with Crippen molar-refractivity contribution in [2.75, 3.05) is 0 Å². The van der Waals surface area contributed by atoms with Crippen LogP contribution in [-0.4, -0.2) is 15.5 Å². The Bertz CT molecular complexity index is 1080.